The molecule has 4 rings (SSSR count). The van der Waals surface area contributed by atoms with Crippen LogP contribution < -0.4 is 9.47 Å². The van der Waals surface area contributed by atoms with Crippen molar-refractivity contribution in [2.75, 3.05) is 20.3 Å². The van der Waals surface area contributed by atoms with Crippen LogP contribution >= 0.6 is 11.6 Å². The van der Waals surface area contributed by atoms with Crippen LogP contribution in [0.15, 0.2) is 48.5 Å². The molecule has 0 saturated carbocycles. The summed E-state index contributed by atoms with van der Waals surface area (Å²) in [6.45, 7) is 2.00. The van der Waals surface area contributed by atoms with E-state index in [0.717, 1.165) is 34.7 Å². The van der Waals surface area contributed by atoms with Gasteiger partial charge in [-0.05, 0) is 42.0 Å². The molecule has 0 atom stereocenters. The summed E-state index contributed by atoms with van der Waals surface area (Å²) in [6, 6.07) is 14.8. The number of amides is 1. The number of hydrogen-bond donors (Lipinski definition) is 0. The van der Waals surface area contributed by atoms with Gasteiger partial charge >= 0.3 is 0 Å². The van der Waals surface area contributed by atoms with Crippen molar-refractivity contribution in [3.8, 4) is 11.5 Å². The van der Waals surface area contributed by atoms with Crippen LogP contribution in [0.2, 0.25) is 5.02 Å². The lowest BCUT2D eigenvalue weighted by Gasteiger charge is -2.27. The molecule has 0 aliphatic carbocycles. The van der Waals surface area contributed by atoms with E-state index in [0.29, 0.717) is 37.1 Å². The van der Waals surface area contributed by atoms with Crippen molar-refractivity contribution in [2.24, 2.45) is 7.05 Å². The number of benzene rings is 2. The quantitative estimate of drug-likeness (QED) is 0.517. The highest BCUT2D eigenvalue weighted by Crippen LogP contribution is 2.24. The second kappa shape index (κ2) is 10.1. The Morgan fingerprint density at radius 2 is 1.78 bits per heavy atom. The van der Waals surface area contributed by atoms with Gasteiger partial charge in [0.2, 0.25) is 0 Å². The van der Waals surface area contributed by atoms with Gasteiger partial charge in [-0.1, -0.05) is 23.7 Å². The van der Waals surface area contributed by atoms with Gasteiger partial charge < -0.3 is 19.1 Å². The predicted molar refractivity (Wildman–Crippen MR) is 121 cm³/mol. The van der Waals surface area contributed by atoms with Gasteiger partial charge in [0, 0.05) is 42.8 Å². The fourth-order valence-electron chi connectivity index (χ4n) is 3.75. The highest BCUT2D eigenvalue weighted by Gasteiger charge is 2.26. The van der Waals surface area contributed by atoms with Crippen LogP contribution in [0.3, 0.4) is 0 Å². The molecular weight excluding hydrogens is 430 g/mol. The third-order valence-corrected chi connectivity index (χ3v) is 5.77. The van der Waals surface area contributed by atoms with E-state index in [1.165, 1.54) is 0 Å². The number of ether oxygens (including phenoxy) is 3. The van der Waals surface area contributed by atoms with E-state index in [9.17, 15) is 4.79 Å². The van der Waals surface area contributed by atoms with Gasteiger partial charge in [0.05, 0.1) is 26.0 Å². The average molecular weight is 456 g/mol. The second-order valence-electron chi connectivity index (χ2n) is 7.64. The molecule has 0 bridgehead atoms. The number of aromatic nitrogens is 2. The van der Waals surface area contributed by atoms with Gasteiger partial charge in [0.1, 0.15) is 11.5 Å². The first kappa shape index (κ1) is 22.2. The zero-order valence-corrected chi connectivity index (χ0v) is 19.0. The molecule has 3 aromatic rings. The van der Waals surface area contributed by atoms with Gasteiger partial charge in [-0.15, -0.1) is 0 Å². The normalized spacial score (nSPS) is 13.0. The van der Waals surface area contributed by atoms with Gasteiger partial charge in [-0.3, -0.25) is 9.48 Å². The van der Waals surface area contributed by atoms with E-state index in [1.807, 2.05) is 40.9 Å². The lowest BCUT2D eigenvalue weighted by Crippen LogP contribution is -2.39. The summed E-state index contributed by atoms with van der Waals surface area (Å²) in [5.74, 6) is 1.33. The molecule has 1 aliphatic rings. The van der Waals surface area contributed by atoms with Crippen LogP contribution in [-0.4, -0.2) is 40.8 Å². The molecule has 0 unspecified atom stereocenters. The highest BCUT2D eigenvalue weighted by molar-refractivity contribution is 6.30. The fourth-order valence-corrected chi connectivity index (χ4v) is 3.88. The van der Waals surface area contributed by atoms with E-state index in [1.54, 1.807) is 31.4 Å². The highest BCUT2D eigenvalue weighted by atomic mass is 35.5. The van der Waals surface area contributed by atoms with Gasteiger partial charge in [0.25, 0.3) is 5.91 Å². The largest absolute Gasteiger partial charge is 0.497 e. The molecule has 168 valence electrons. The summed E-state index contributed by atoms with van der Waals surface area (Å²) < 4.78 is 18.6. The minimum Gasteiger partial charge on any atom is -0.497 e. The Kier molecular flexibility index (Phi) is 6.97. The number of fused-ring (bicyclic) bond motifs is 1. The average Bonchev–Trinajstić information content (AvgIpc) is 3.14. The summed E-state index contributed by atoms with van der Waals surface area (Å²) in [7, 11) is 3.55. The zero-order valence-electron chi connectivity index (χ0n) is 18.2. The van der Waals surface area contributed by atoms with Crippen LogP contribution in [-0.2, 0) is 42.8 Å². The lowest BCUT2D eigenvalue weighted by molar-refractivity contribution is -0.134. The van der Waals surface area contributed by atoms with Gasteiger partial charge in [-0.2, -0.15) is 5.10 Å². The minimum absolute atomic E-state index is 0.00960. The van der Waals surface area contributed by atoms with Crippen molar-refractivity contribution < 1.29 is 19.0 Å². The summed E-state index contributed by atoms with van der Waals surface area (Å²) in [4.78, 5) is 14.6. The lowest BCUT2D eigenvalue weighted by atomic mass is 10.1. The van der Waals surface area contributed by atoms with Crippen molar-refractivity contribution in [2.45, 2.75) is 26.2 Å². The summed E-state index contributed by atoms with van der Waals surface area (Å²) >= 11 is 5.93. The Morgan fingerprint density at radius 3 is 2.50 bits per heavy atom. The maximum absolute atomic E-state index is 12.8. The standard InChI is InChI=1S/C24H26ClN3O4/c1-27-23-11-12-28(24(29)16-32-20-9-7-19(30-2)8-10-20)13-21(23)22(26-27)15-31-14-17-3-5-18(25)6-4-17/h3-10H,11-16H2,1-2H3. The predicted octanol–water partition coefficient (Wildman–Crippen LogP) is 3.76. The summed E-state index contributed by atoms with van der Waals surface area (Å²) in [5, 5.41) is 5.33. The molecule has 0 radical (unpaired) electrons. The molecule has 0 N–H and O–H groups in total. The van der Waals surface area contributed by atoms with E-state index in [-0.39, 0.29) is 12.5 Å². The number of hydrogen-bond acceptors (Lipinski definition) is 5. The Hall–Kier alpha value is -3.03. The topological polar surface area (TPSA) is 65.8 Å². The molecule has 0 saturated heterocycles. The number of methoxy groups -OCH3 is 1. The second-order valence-corrected chi connectivity index (χ2v) is 8.08. The van der Waals surface area contributed by atoms with Crippen LogP contribution in [0.1, 0.15) is 22.5 Å². The smallest absolute Gasteiger partial charge is 0.260 e. The molecule has 2 aromatic carbocycles. The molecule has 1 amide bonds. The van der Waals surface area contributed by atoms with E-state index in [4.69, 9.17) is 25.8 Å². The maximum Gasteiger partial charge on any atom is 0.260 e. The molecular formula is C24H26ClN3O4. The summed E-state index contributed by atoms with van der Waals surface area (Å²) in [6.07, 6.45) is 0.754. The minimum atomic E-state index is -0.0525. The molecule has 7 nitrogen and oxygen atoms in total. The molecule has 2 heterocycles. The Labute approximate surface area is 192 Å². The molecule has 1 aliphatic heterocycles. The number of rotatable bonds is 8. The van der Waals surface area contributed by atoms with E-state index >= 15 is 0 Å². The SMILES string of the molecule is COc1ccc(OCC(=O)N2CCc3c(c(COCc4ccc(Cl)cc4)nn3C)C2)cc1. The first-order chi connectivity index (χ1) is 15.5. The van der Waals surface area contributed by atoms with Crippen LogP contribution in [0.4, 0.5) is 0 Å². The number of halogens is 1. The van der Waals surface area contributed by atoms with Crippen LogP contribution in [0, 0.1) is 0 Å². The zero-order chi connectivity index (χ0) is 22.5. The number of nitrogens with zero attached hydrogens (tertiary/aromatic N) is 3. The maximum atomic E-state index is 12.8. The molecule has 32 heavy (non-hydrogen) atoms. The van der Waals surface area contributed by atoms with Crippen molar-refractivity contribution in [1.82, 2.24) is 14.7 Å². The Balaban J connectivity index is 1.34. The van der Waals surface area contributed by atoms with Gasteiger partial charge in [-0.25, -0.2) is 0 Å². The first-order valence-corrected chi connectivity index (χ1v) is 10.8. The Bertz CT molecular complexity index is 1060. The summed E-state index contributed by atoms with van der Waals surface area (Å²) in [5.41, 5.74) is 4.12. The van der Waals surface area contributed by atoms with Crippen LogP contribution in [0.25, 0.3) is 0 Å². The van der Waals surface area contributed by atoms with E-state index in [2.05, 4.69) is 5.10 Å². The monoisotopic (exact) mass is 455 g/mol. The van der Waals surface area contributed by atoms with Crippen LogP contribution in [0.5, 0.6) is 11.5 Å². The molecule has 0 fully saturated rings. The van der Waals surface area contributed by atoms with Crippen molar-refractivity contribution in [3.05, 3.63) is 76.1 Å². The third-order valence-electron chi connectivity index (χ3n) is 5.52. The molecule has 0 spiro atoms. The third kappa shape index (κ3) is 5.23. The number of carbonyl (C=O) groups is 1. The molecule has 8 heteroatoms. The van der Waals surface area contributed by atoms with Crippen molar-refractivity contribution in [3.63, 3.8) is 0 Å². The fraction of sp³-hybridized carbons (Fsp3) is 0.333. The van der Waals surface area contributed by atoms with Crippen molar-refractivity contribution >= 4 is 17.5 Å². The number of carbonyl (C=O) groups excluding carboxylic acids is 1. The van der Waals surface area contributed by atoms with Gasteiger partial charge in [0.15, 0.2) is 6.61 Å². The number of aryl methyl sites for hydroxylation is 1. The van der Waals surface area contributed by atoms with E-state index < -0.39 is 0 Å². The first-order valence-electron chi connectivity index (χ1n) is 10.4. The Morgan fingerprint density at radius 1 is 1.06 bits per heavy atom. The molecule has 1 aromatic heterocycles. The van der Waals surface area contributed by atoms with Crippen molar-refractivity contribution in [1.29, 1.82) is 0 Å².